The Morgan fingerprint density at radius 1 is 0.524 bits per heavy atom. The molecule has 0 saturated heterocycles. The predicted octanol–water partition coefficient (Wildman–Crippen LogP) is 4.03. The van der Waals surface area contributed by atoms with Crippen LogP contribution in [0.4, 0.5) is 4.20 Å². The number of benzene rings is 3. The van der Waals surface area contributed by atoms with Gasteiger partial charge in [0.25, 0.3) is 0 Å². The SMILES string of the molecule is CP(F)(c1ccccc1)(c1ccccc1)c1ccccc1. The second-order valence-electron chi connectivity index (χ2n) is 5.44. The van der Waals surface area contributed by atoms with Crippen LogP contribution in [0.5, 0.6) is 0 Å². The first-order valence-corrected chi connectivity index (χ1v) is 9.59. The first-order chi connectivity index (χ1) is 10.1. The van der Waals surface area contributed by atoms with Crippen molar-refractivity contribution in [2.24, 2.45) is 0 Å². The molecule has 0 nitrogen and oxygen atoms in total. The Kier molecular flexibility index (Phi) is 3.39. The van der Waals surface area contributed by atoms with Crippen LogP contribution in [-0.4, -0.2) is 6.66 Å². The van der Waals surface area contributed by atoms with Crippen LogP contribution in [0.1, 0.15) is 0 Å². The second-order valence-corrected chi connectivity index (χ2v) is 9.84. The molecule has 0 saturated carbocycles. The third-order valence-corrected chi connectivity index (χ3v) is 8.69. The van der Waals surface area contributed by atoms with Gasteiger partial charge >= 0.3 is 125 Å². The van der Waals surface area contributed by atoms with E-state index in [-0.39, 0.29) is 0 Å². The van der Waals surface area contributed by atoms with Crippen molar-refractivity contribution in [3.8, 4) is 0 Å². The average Bonchev–Trinajstić information content (AvgIpc) is 2.57. The molecule has 0 unspecified atom stereocenters. The standard InChI is InChI=1S/C19H18FP/c1-21(20,17-11-5-2-6-12-17,18-13-7-3-8-14-18)19-15-9-4-10-16-19/h2-16H,1H3. The zero-order valence-electron chi connectivity index (χ0n) is 12.0. The molecular weight excluding hydrogens is 278 g/mol. The van der Waals surface area contributed by atoms with Crippen molar-refractivity contribution in [3.05, 3.63) is 91.0 Å². The van der Waals surface area contributed by atoms with Crippen LogP contribution < -0.4 is 15.9 Å². The van der Waals surface area contributed by atoms with Crippen molar-refractivity contribution >= 4 is 22.8 Å². The molecular formula is C19H18FP. The summed E-state index contributed by atoms with van der Waals surface area (Å²) in [5.41, 5.74) is 0. The van der Waals surface area contributed by atoms with Gasteiger partial charge in [0.2, 0.25) is 0 Å². The average molecular weight is 296 g/mol. The van der Waals surface area contributed by atoms with E-state index >= 15 is 4.20 Å². The molecule has 0 N–H and O–H groups in total. The molecule has 0 heterocycles. The molecule has 106 valence electrons. The summed E-state index contributed by atoms with van der Waals surface area (Å²) in [5.74, 6) is 0. The maximum atomic E-state index is 16.8. The van der Waals surface area contributed by atoms with E-state index in [9.17, 15) is 0 Å². The molecule has 0 amide bonds. The fourth-order valence-electron chi connectivity index (χ4n) is 2.79. The fourth-order valence-corrected chi connectivity index (χ4v) is 6.33. The number of halogens is 1. The molecule has 0 radical (unpaired) electrons. The molecule has 0 aliphatic heterocycles. The first kappa shape index (κ1) is 14.0. The number of rotatable bonds is 3. The molecule has 2 heteroatoms. The van der Waals surface area contributed by atoms with Crippen molar-refractivity contribution in [3.63, 3.8) is 0 Å². The summed E-state index contributed by atoms with van der Waals surface area (Å²) in [7, 11) is 0. The van der Waals surface area contributed by atoms with E-state index in [0.717, 1.165) is 15.9 Å². The van der Waals surface area contributed by atoms with Gasteiger partial charge in [-0.3, -0.25) is 0 Å². The Hall–Kier alpha value is -1.98. The van der Waals surface area contributed by atoms with Gasteiger partial charge in [-0.05, 0) is 0 Å². The first-order valence-electron chi connectivity index (χ1n) is 7.02. The fraction of sp³-hybridized carbons (Fsp3) is 0.0526. The Morgan fingerprint density at radius 3 is 1.00 bits per heavy atom. The van der Waals surface area contributed by atoms with Crippen LogP contribution in [0.3, 0.4) is 0 Å². The summed E-state index contributed by atoms with van der Waals surface area (Å²) in [6, 6.07) is 28.6. The van der Waals surface area contributed by atoms with E-state index in [0.29, 0.717) is 0 Å². The van der Waals surface area contributed by atoms with E-state index in [1.165, 1.54) is 0 Å². The van der Waals surface area contributed by atoms with Gasteiger partial charge in [-0.15, -0.1) is 0 Å². The molecule has 0 bridgehead atoms. The number of hydrogen-bond donors (Lipinski definition) is 0. The third-order valence-electron chi connectivity index (χ3n) is 4.11. The Morgan fingerprint density at radius 2 is 0.762 bits per heavy atom. The minimum absolute atomic E-state index is 0.765. The second kappa shape index (κ2) is 5.09. The van der Waals surface area contributed by atoms with E-state index in [4.69, 9.17) is 0 Å². The minimum atomic E-state index is -3.87. The van der Waals surface area contributed by atoms with E-state index in [2.05, 4.69) is 0 Å². The quantitative estimate of drug-likeness (QED) is 0.640. The van der Waals surface area contributed by atoms with Crippen LogP contribution in [0.25, 0.3) is 0 Å². The molecule has 3 aromatic carbocycles. The zero-order valence-corrected chi connectivity index (χ0v) is 12.9. The Balaban J connectivity index is 2.36. The number of hydrogen-bond acceptors (Lipinski definition) is 0. The van der Waals surface area contributed by atoms with E-state index < -0.39 is 6.91 Å². The molecule has 0 aromatic heterocycles. The van der Waals surface area contributed by atoms with Gasteiger partial charge in [-0.2, -0.15) is 0 Å². The Labute approximate surface area is 125 Å². The van der Waals surface area contributed by atoms with Gasteiger partial charge in [-0.25, -0.2) is 0 Å². The molecule has 0 aliphatic carbocycles. The van der Waals surface area contributed by atoms with Gasteiger partial charge in [0.15, 0.2) is 0 Å². The van der Waals surface area contributed by atoms with Crippen molar-refractivity contribution in [2.45, 2.75) is 0 Å². The molecule has 0 spiro atoms. The van der Waals surface area contributed by atoms with Crippen molar-refractivity contribution < 1.29 is 4.20 Å². The molecule has 0 aliphatic rings. The molecule has 21 heavy (non-hydrogen) atoms. The van der Waals surface area contributed by atoms with Crippen LogP contribution in [-0.2, 0) is 0 Å². The summed E-state index contributed by atoms with van der Waals surface area (Å²) in [6.07, 6.45) is 0. The summed E-state index contributed by atoms with van der Waals surface area (Å²) in [5, 5.41) is 2.29. The monoisotopic (exact) mass is 296 g/mol. The van der Waals surface area contributed by atoms with Gasteiger partial charge in [0.1, 0.15) is 0 Å². The maximum absolute atomic E-state index is 16.8. The predicted molar refractivity (Wildman–Crippen MR) is 92.2 cm³/mol. The van der Waals surface area contributed by atoms with E-state index in [1.807, 2.05) is 91.0 Å². The summed E-state index contributed by atoms with van der Waals surface area (Å²) >= 11 is 0. The third kappa shape index (κ3) is 2.18. The van der Waals surface area contributed by atoms with Gasteiger partial charge < -0.3 is 0 Å². The van der Waals surface area contributed by atoms with Crippen molar-refractivity contribution in [2.75, 3.05) is 6.66 Å². The molecule has 3 rings (SSSR count). The van der Waals surface area contributed by atoms with Gasteiger partial charge in [0, 0.05) is 0 Å². The topological polar surface area (TPSA) is 0 Å². The normalized spacial score (nSPS) is 13.3. The summed E-state index contributed by atoms with van der Waals surface area (Å²) in [4.78, 5) is 0. The van der Waals surface area contributed by atoms with Gasteiger partial charge in [-0.1, -0.05) is 0 Å². The molecule has 0 fully saturated rings. The summed E-state index contributed by atoms with van der Waals surface area (Å²) < 4.78 is 16.8. The van der Waals surface area contributed by atoms with Crippen LogP contribution >= 0.6 is 6.91 Å². The van der Waals surface area contributed by atoms with Crippen LogP contribution in [0, 0.1) is 0 Å². The summed E-state index contributed by atoms with van der Waals surface area (Å²) in [6.45, 7) is -2.09. The van der Waals surface area contributed by atoms with Crippen LogP contribution in [0.2, 0.25) is 0 Å². The molecule has 0 atom stereocenters. The zero-order chi connectivity index (χ0) is 14.8. The van der Waals surface area contributed by atoms with Crippen molar-refractivity contribution in [1.29, 1.82) is 0 Å². The van der Waals surface area contributed by atoms with Gasteiger partial charge in [0.05, 0.1) is 0 Å². The van der Waals surface area contributed by atoms with E-state index in [1.54, 1.807) is 6.66 Å². The molecule has 3 aromatic rings. The Bertz CT molecular complexity index is 618. The van der Waals surface area contributed by atoms with Crippen LogP contribution in [0.15, 0.2) is 91.0 Å². The van der Waals surface area contributed by atoms with Crippen molar-refractivity contribution in [1.82, 2.24) is 0 Å².